The molecule has 0 bridgehead atoms. The number of benzene rings is 2. The first-order chi connectivity index (χ1) is 13.1. The van der Waals surface area contributed by atoms with E-state index in [1.165, 1.54) is 6.33 Å². The summed E-state index contributed by atoms with van der Waals surface area (Å²) in [5.74, 6) is -1.01. The van der Waals surface area contributed by atoms with Crippen molar-refractivity contribution in [3.63, 3.8) is 0 Å². The molecule has 1 aliphatic heterocycles. The average molecular weight is 362 g/mol. The fraction of sp³-hybridized carbons (Fsp3) is 0.200. The highest BCUT2D eigenvalue weighted by atomic mass is 16.4. The van der Waals surface area contributed by atoms with Crippen LogP contribution in [-0.2, 0) is 0 Å². The summed E-state index contributed by atoms with van der Waals surface area (Å²) in [7, 11) is 0. The average Bonchev–Trinajstić information content (AvgIpc) is 3.39. The molecule has 1 aliphatic rings. The second-order valence-corrected chi connectivity index (χ2v) is 6.49. The Kier molecular flexibility index (Phi) is 4.42. The summed E-state index contributed by atoms with van der Waals surface area (Å²) in [5, 5.41) is 13.5. The second-order valence-electron chi connectivity index (χ2n) is 6.49. The van der Waals surface area contributed by atoms with E-state index >= 15 is 0 Å². The van der Waals surface area contributed by atoms with Gasteiger partial charge in [0.2, 0.25) is 0 Å². The standard InChI is InChI=1S/C20H18N4O3/c25-19(17-7-3-4-8-18(17)24-13-21-12-22-24)23-10-9-14(11-23)15-5-1-2-6-16(15)20(26)27/h1-8,12-14H,9-11H2,(H,26,27). The summed E-state index contributed by atoms with van der Waals surface area (Å²) in [6.07, 6.45) is 3.72. The quantitative estimate of drug-likeness (QED) is 0.771. The highest BCUT2D eigenvalue weighted by Crippen LogP contribution is 2.31. The molecule has 2 aromatic carbocycles. The molecular formula is C20H18N4O3. The van der Waals surface area contributed by atoms with Crippen LogP contribution in [-0.4, -0.2) is 49.7 Å². The van der Waals surface area contributed by atoms with Gasteiger partial charge in [0.05, 0.1) is 16.8 Å². The number of aromatic carboxylic acids is 1. The number of carbonyl (C=O) groups is 2. The van der Waals surface area contributed by atoms with Crippen molar-refractivity contribution in [1.29, 1.82) is 0 Å². The number of nitrogens with zero attached hydrogens (tertiary/aromatic N) is 4. The third kappa shape index (κ3) is 3.19. The molecule has 1 atom stereocenters. The van der Waals surface area contributed by atoms with E-state index in [0.29, 0.717) is 29.9 Å². The van der Waals surface area contributed by atoms with E-state index in [2.05, 4.69) is 10.1 Å². The summed E-state index contributed by atoms with van der Waals surface area (Å²) in [6, 6.07) is 14.3. The number of rotatable bonds is 4. The first-order valence-corrected chi connectivity index (χ1v) is 8.70. The van der Waals surface area contributed by atoms with Crippen LogP contribution in [0.4, 0.5) is 0 Å². The molecule has 1 aromatic heterocycles. The Morgan fingerprint density at radius 3 is 2.52 bits per heavy atom. The monoisotopic (exact) mass is 362 g/mol. The van der Waals surface area contributed by atoms with E-state index < -0.39 is 5.97 Å². The molecule has 0 saturated carbocycles. The Labute approximate surface area is 155 Å². The highest BCUT2D eigenvalue weighted by molar-refractivity contribution is 5.98. The molecule has 0 spiro atoms. The smallest absolute Gasteiger partial charge is 0.335 e. The van der Waals surface area contributed by atoms with Gasteiger partial charge >= 0.3 is 5.97 Å². The van der Waals surface area contributed by atoms with Gasteiger partial charge in [-0.25, -0.2) is 14.5 Å². The second kappa shape index (κ2) is 7.03. The molecule has 0 aliphatic carbocycles. The number of hydrogen-bond acceptors (Lipinski definition) is 4. The normalized spacial score (nSPS) is 16.4. The van der Waals surface area contributed by atoms with Crippen LogP contribution in [0.1, 0.15) is 38.6 Å². The van der Waals surface area contributed by atoms with Crippen molar-refractivity contribution in [2.75, 3.05) is 13.1 Å². The lowest BCUT2D eigenvalue weighted by atomic mass is 9.93. The third-order valence-corrected chi connectivity index (χ3v) is 4.91. The minimum Gasteiger partial charge on any atom is -0.478 e. The molecule has 7 heteroatoms. The molecule has 1 N–H and O–H groups in total. The van der Waals surface area contributed by atoms with E-state index in [-0.39, 0.29) is 11.8 Å². The van der Waals surface area contributed by atoms with Gasteiger partial charge in [-0.3, -0.25) is 4.79 Å². The molecule has 3 aromatic rings. The zero-order chi connectivity index (χ0) is 18.8. The van der Waals surface area contributed by atoms with Gasteiger partial charge in [0, 0.05) is 19.0 Å². The van der Waals surface area contributed by atoms with Crippen LogP contribution in [0.15, 0.2) is 61.2 Å². The lowest BCUT2D eigenvalue weighted by Gasteiger charge is -2.19. The number of aromatic nitrogens is 3. The number of carbonyl (C=O) groups excluding carboxylic acids is 1. The molecule has 1 saturated heterocycles. The van der Waals surface area contributed by atoms with Crippen LogP contribution in [0, 0.1) is 0 Å². The van der Waals surface area contributed by atoms with Crippen molar-refractivity contribution in [1.82, 2.24) is 19.7 Å². The van der Waals surface area contributed by atoms with Gasteiger partial charge in [-0.1, -0.05) is 30.3 Å². The maximum Gasteiger partial charge on any atom is 0.335 e. The zero-order valence-corrected chi connectivity index (χ0v) is 14.5. The van der Waals surface area contributed by atoms with E-state index in [9.17, 15) is 14.7 Å². The van der Waals surface area contributed by atoms with Gasteiger partial charge in [-0.15, -0.1) is 0 Å². The Hall–Kier alpha value is -3.48. The Morgan fingerprint density at radius 1 is 1.04 bits per heavy atom. The first-order valence-electron chi connectivity index (χ1n) is 8.70. The van der Waals surface area contributed by atoms with Gasteiger partial charge in [0.1, 0.15) is 12.7 Å². The van der Waals surface area contributed by atoms with E-state index in [1.807, 2.05) is 30.3 Å². The van der Waals surface area contributed by atoms with Gasteiger partial charge in [0.25, 0.3) is 5.91 Å². The van der Waals surface area contributed by atoms with Crippen molar-refractivity contribution >= 4 is 11.9 Å². The predicted molar refractivity (Wildman–Crippen MR) is 98.0 cm³/mol. The van der Waals surface area contributed by atoms with Crippen molar-refractivity contribution in [3.05, 3.63) is 77.9 Å². The fourth-order valence-electron chi connectivity index (χ4n) is 3.60. The van der Waals surface area contributed by atoms with Crippen molar-refractivity contribution in [3.8, 4) is 5.69 Å². The van der Waals surface area contributed by atoms with E-state index in [0.717, 1.165) is 12.0 Å². The Morgan fingerprint density at radius 2 is 1.78 bits per heavy atom. The van der Waals surface area contributed by atoms with Crippen LogP contribution in [0.5, 0.6) is 0 Å². The topological polar surface area (TPSA) is 88.3 Å². The van der Waals surface area contributed by atoms with Crippen LogP contribution in [0.25, 0.3) is 5.69 Å². The molecule has 136 valence electrons. The number of para-hydroxylation sites is 1. The van der Waals surface area contributed by atoms with Gasteiger partial charge in [-0.05, 0) is 30.2 Å². The Balaban J connectivity index is 1.59. The molecule has 27 heavy (non-hydrogen) atoms. The first kappa shape index (κ1) is 17.0. The lowest BCUT2D eigenvalue weighted by molar-refractivity contribution is 0.0695. The summed E-state index contributed by atoms with van der Waals surface area (Å²) in [4.78, 5) is 30.3. The number of amides is 1. The number of carboxylic acids is 1. The van der Waals surface area contributed by atoms with E-state index in [4.69, 9.17) is 0 Å². The fourth-order valence-corrected chi connectivity index (χ4v) is 3.60. The molecule has 7 nitrogen and oxygen atoms in total. The maximum absolute atomic E-state index is 13.1. The molecule has 4 rings (SSSR count). The summed E-state index contributed by atoms with van der Waals surface area (Å²) in [5.41, 5.74) is 2.31. The molecule has 1 unspecified atom stereocenters. The van der Waals surface area contributed by atoms with Crippen LogP contribution in [0.3, 0.4) is 0 Å². The van der Waals surface area contributed by atoms with Crippen molar-refractivity contribution in [2.45, 2.75) is 12.3 Å². The molecule has 1 amide bonds. The maximum atomic E-state index is 13.1. The molecular weight excluding hydrogens is 344 g/mol. The van der Waals surface area contributed by atoms with Gasteiger partial charge in [-0.2, -0.15) is 5.10 Å². The molecule has 1 fully saturated rings. The molecule has 2 heterocycles. The largest absolute Gasteiger partial charge is 0.478 e. The SMILES string of the molecule is O=C(O)c1ccccc1C1CCN(C(=O)c2ccccc2-n2cncn2)C1. The van der Waals surface area contributed by atoms with Crippen LogP contribution < -0.4 is 0 Å². The van der Waals surface area contributed by atoms with Gasteiger partial charge in [0.15, 0.2) is 0 Å². The summed E-state index contributed by atoms with van der Waals surface area (Å²) < 4.78 is 1.57. The zero-order valence-electron chi connectivity index (χ0n) is 14.5. The minimum atomic E-state index is -0.938. The van der Waals surface area contributed by atoms with E-state index in [1.54, 1.807) is 34.1 Å². The summed E-state index contributed by atoms with van der Waals surface area (Å²) in [6.45, 7) is 1.08. The van der Waals surface area contributed by atoms with Crippen molar-refractivity contribution in [2.24, 2.45) is 0 Å². The number of carboxylic acid groups (broad SMARTS) is 1. The van der Waals surface area contributed by atoms with Crippen molar-refractivity contribution < 1.29 is 14.7 Å². The van der Waals surface area contributed by atoms with Gasteiger partial charge < -0.3 is 10.0 Å². The lowest BCUT2D eigenvalue weighted by Crippen LogP contribution is -2.29. The predicted octanol–water partition coefficient (Wildman–Crippen LogP) is 2.60. The summed E-state index contributed by atoms with van der Waals surface area (Å²) >= 11 is 0. The number of likely N-dealkylation sites (tertiary alicyclic amines) is 1. The van der Waals surface area contributed by atoms with Crippen LogP contribution in [0.2, 0.25) is 0 Å². The number of hydrogen-bond donors (Lipinski definition) is 1. The third-order valence-electron chi connectivity index (χ3n) is 4.91. The van der Waals surface area contributed by atoms with Crippen LogP contribution >= 0.6 is 0 Å². The molecule has 0 radical (unpaired) electrons. The minimum absolute atomic E-state index is 0.0137. The highest BCUT2D eigenvalue weighted by Gasteiger charge is 2.31. The Bertz CT molecular complexity index is 984.